The van der Waals surface area contributed by atoms with E-state index in [1.807, 2.05) is 56.3 Å². The Labute approximate surface area is 162 Å². The zero-order chi connectivity index (χ0) is 19.4. The SMILES string of the molecule is CCOc1ccc(/C=C2\S/C(=N/c3cccc(C)n3)N(C)C2=O)cc1OC. The van der Waals surface area contributed by atoms with Gasteiger partial charge in [0.1, 0.15) is 0 Å². The van der Waals surface area contributed by atoms with Crippen LogP contribution in [0.1, 0.15) is 18.2 Å². The van der Waals surface area contributed by atoms with Crippen molar-refractivity contribution in [1.82, 2.24) is 9.88 Å². The number of amidine groups is 1. The molecule has 6 nitrogen and oxygen atoms in total. The van der Waals surface area contributed by atoms with Crippen molar-refractivity contribution in [3.8, 4) is 11.5 Å². The Morgan fingerprint density at radius 3 is 2.78 bits per heavy atom. The second-order valence-corrected chi connectivity index (χ2v) is 6.86. The molecule has 7 heteroatoms. The molecule has 1 aliphatic rings. The Morgan fingerprint density at radius 1 is 1.26 bits per heavy atom. The van der Waals surface area contributed by atoms with Crippen molar-refractivity contribution in [3.63, 3.8) is 0 Å². The van der Waals surface area contributed by atoms with Gasteiger partial charge in [0.05, 0.1) is 18.6 Å². The van der Waals surface area contributed by atoms with Crippen molar-refractivity contribution in [1.29, 1.82) is 0 Å². The number of pyridine rings is 1. The highest BCUT2D eigenvalue weighted by Gasteiger charge is 2.30. The van der Waals surface area contributed by atoms with Gasteiger partial charge in [0.15, 0.2) is 22.5 Å². The average Bonchev–Trinajstić information content (AvgIpc) is 2.91. The highest BCUT2D eigenvalue weighted by atomic mass is 32.2. The highest BCUT2D eigenvalue weighted by molar-refractivity contribution is 8.18. The highest BCUT2D eigenvalue weighted by Crippen LogP contribution is 2.34. The number of hydrogen-bond donors (Lipinski definition) is 0. The third-order valence-corrected chi connectivity index (χ3v) is 4.93. The van der Waals surface area contributed by atoms with E-state index in [4.69, 9.17) is 9.47 Å². The molecular formula is C20H21N3O3S. The van der Waals surface area contributed by atoms with Gasteiger partial charge >= 0.3 is 0 Å². The maximum atomic E-state index is 12.6. The topological polar surface area (TPSA) is 64.0 Å². The van der Waals surface area contributed by atoms with Crippen LogP contribution in [0.15, 0.2) is 46.3 Å². The third-order valence-electron chi connectivity index (χ3n) is 3.87. The number of thioether (sulfide) groups is 1. The standard InChI is InChI=1S/C20H21N3O3S/c1-5-26-15-10-9-14(11-16(15)25-4)12-17-19(24)23(3)20(27-17)22-18-8-6-7-13(2)21-18/h6-12H,5H2,1-4H3/b17-12-,22-20+. The van der Waals surface area contributed by atoms with Crippen molar-refractivity contribution in [2.45, 2.75) is 13.8 Å². The maximum absolute atomic E-state index is 12.6. The van der Waals surface area contributed by atoms with E-state index in [-0.39, 0.29) is 5.91 Å². The molecule has 3 rings (SSSR count). The molecule has 1 aliphatic heterocycles. The zero-order valence-corrected chi connectivity index (χ0v) is 16.5. The fourth-order valence-corrected chi connectivity index (χ4v) is 3.52. The summed E-state index contributed by atoms with van der Waals surface area (Å²) in [6, 6.07) is 11.2. The lowest BCUT2D eigenvalue weighted by Gasteiger charge is -2.09. The van der Waals surface area contributed by atoms with Crippen LogP contribution in [0.25, 0.3) is 6.08 Å². The lowest BCUT2D eigenvalue weighted by atomic mass is 10.2. The van der Waals surface area contributed by atoms with Gasteiger partial charge in [0.2, 0.25) is 0 Å². The molecule has 0 spiro atoms. The minimum absolute atomic E-state index is 0.0979. The Balaban J connectivity index is 1.88. The van der Waals surface area contributed by atoms with Gasteiger partial charge in [0.25, 0.3) is 5.91 Å². The molecule has 2 heterocycles. The molecule has 27 heavy (non-hydrogen) atoms. The summed E-state index contributed by atoms with van der Waals surface area (Å²) in [6.45, 7) is 4.39. The van der Waals surface area contributed by atoms with Crippen LogP contribution in [0.5, 0.6) is 11.5 Å². The number of aryl methyl sites for hydroxylation is 1. The van der Waals surface area contributed by atoms with Crippen molar-refractivity contribution in [2.24, 2.45) is 4.99 Å². The summed E-state index contributed by atoms with van der Waals surface area (Å²) in [5, 5.41) is 0.599. The molecule has 0 atom stereocenters. The number of hydrogen-bond acceptors (Lipinski definition) is 6. The van der Waals surface area contributed by atoms with E-state index in [0.29, 0.717) is 34.0 Å². The average molecular weight is 383 g/mol. The van der Waals surface area contributed by atoms with E-state index in [1.54, 1.807) is 14.2 Å². The lowest BCUT2D eigenvalue weighted by Crippen LogP contribution is -2.23. The van der Waals surface area contributed by atoms with Gasteiger partial charge in [-0.25, -0.2) is 9.98 Å². The van der Waals surface area contributed by atoms with Gasteiger partial charge in [-0.3, -0.25) is 9.69 Å². The minimum atomic E-state index is -0.0979. The van der Waals surface area contributed by atoms with Crippen molar-refractivity contribution >= 4 is 34.7 Å². The number of benzene rings is 1. The number of ether oxygens (including phenoxy) is 2. The number of carbonyl (C=O) groups excluding carboxylic acids is 1. The van der Waals surface area contributed by atoms with Crippen LogP contribution < -0.4 is 9.47 Å². The van der Waals surface area contributed by atoms with Gasteiger partial charge in [-0.15, -0.1) is 0 Å². The number of nitrogens with zero attached hydrogens (tertiary/aromatic N) is 3. The van der Waals surface area contributed by atoms with E-state index >= 15 is 0 Å². The summed E-state index contributed by atoms with van der Waals surface area (Å²) in [5.74, 6) is 1.80. The van der Waals surface area contributed by atoms with Crippen LogP contribution >= 0.6 is 11.8 Å². The normalized spacial score (nSPS) is 17.0. The molecule has 1 aromatic heterocycles. The van der Waals surface area contributed by atoms with E-state index in [2.05, 4.69) is 9.98 Å². The molecular weight excluding hydrogens is 362 g/mol. The van der Waals surface area contributed by atoms with E-state index < -0.39 is 0 Å². The molecule has 140 valence electrons. The molecule has 1 amide bonds. The predicted octanol–water partition coefficient (Wildman–Crippen LogP) is 4.03. The summed E-state index contributed by atoms with van der Waals surface area (Å²) in [7, 11) is 3.31. The first kappa shape index (κ1) is 19.0. The molecule has 0 N–H and O–H groups in total. The third kappa shape index (κ3) is 4.31. The van der Waals surface area contributed by atoms with E-state index in [9.17, 15) is 4.79 Å². The number of likely N-dealkylation sites (N-methyl/N-ethyl adjacent to an activating group) is 1. The first-order valence-corrected chi connectivity index (χ1v) is 9.34. The van der Waals surface area contributed by atoms with Gasteiger partial charge in [-0.05, 0) is 61.5 Å². The van der Waals surface area contributed by atoms with Gasteiger partial charge in [-0.1, -0.05) is 12.1 Å². The summed E-state index contributed by atoms with van der Waals surface area (Å²) in [4.78, 5) is 23.6. The maximum Gasteiger partial charge on any atom is 0.266 e. The number of aromatic nitrogens is 1. The van der Waals surface area contributed by atoms with E-state index in [1.165, 1.54) is 16.7 Å². The molecule has 0 aliphatic carbocycles. The molecule has 2 aromatic rings. The Kier molecular flexibility index (Phi) is 5.81. The molecule has 0 radical (unpaired) electrons. The number of amides is 1. The number of rotatable bonds is 5. The Morgan fingerprint density at radius 2 is 2.07 bits per heavy atom. The second-order valence-electron chi connectivity index (χ2n) is 5.85. The van der Waals surface area contributed by atoms with Crippen LogP contribution in [0.3, 0.4) is 0 Å². The molecule has 1 fully saturated rings. The van der Waals surface area contributed by atoms with Gasteiger partial charge < -0.3 is 9.47 Å². The molecule has 0 saturated carbocycles. The lowest BCUT2D eigenvalue weighted by molar-refractivity contribution is -0.121. The van der Waals surface area contributed by atoms with Crippen molar-refractivity contribution in [3.05, 3.63) is 52.6 Å². The van der Waals surface area contributed by atoms with Crippen molar-refractivity contribution < 1.29 is 14.3 Å². The fourth-order valence-electron chi connectivity index (χ4n) is 2.54. The fraction of sp³-hybridized carbons (Fsp3) is 0.250. The first-order valence-electron chi connectivity index (χ1n) is 8.52. The van der Waals surface area contributed by atoms with Crippen LogP contribution in [0.2, 0.25) is 0 Å². The number of carbonyl (C=O) groups is 1. The van der Waals surface area contributed by atoms with Crippen LogP contribution in [0, 0.1) is 6.92 Å². The van der Waals surface area contributed by atoms with E-state index in [0.717, 1.165) is 11.3 Å². The van der Waals surface area contributed by atoms with Gasteiger partial charge in [-0.2, -0.15) is 0 Å². The second kappa shape index (κ2) is 8.26. The monoisotopic (exact) mass is 383 g/mol. The quantitative estimate of drug-likeness (QED) is 0.730. The van der Waals surface area contributed by atoms with Crippen LogP contribution in [-0.2, 0) is 4.79 Å². The Hall–Kier alpha value is -2.80. The van der Waals surface area contributed by atoms with Crippen LogP contribution in [-0.4, -0.2) is 41.7 Å². The predicted molar refractivity (Wildman–Crippen MR) is 109 cm³/mol. The van der Waals surface area contributed by atoms with Crippen LogP contribution in [0.4, 0.5) is 5.82 Å². The molecule has 1 aromatic carbocycles. The minimum Gasteiger partial charge on any atom is -0.493 e. The first-order chi connectivity index (χ1) is 13.0. The van der Waals surface area contributed by atoms with Gasteiger partial charge in [0, 0.05) is 12.7 Å². The summed E-state index contributed by atoms with van der Waals surface area (Å²) < 4.78 is 10.9. The smallest absolute Gasteiger partial charge is 0.266 e. The zero-order valence-electron chi connectivity index (χ0n) is 15.7. The summed E-state index contributed by atoms with van der Waals surface area (Å²) >= 11 is 1.33. The summed E-state index contributed by atoms with van der Waals surface area (Å²) in [6.07, 6.45) is 1.83. The number of aliphatic imine (C=N–C) groups is 1. The molecule has 0 unspecified atom stereocenters. The Bertz CT molecular complexity index is 924. The molecule has 1 saturated heterocycles. The summed E-state index contributed by atoms with van der Waals surface area (Å²) in [5.41, 5.74) is 1.74. The molecule has 0 bridgehead atoms. The van der Waals surface area contributed by atoms with Crippen molar-refractivity contribution in [2.75, 3.05) is 20.8 Å². The largest absolute Gasteiger partial charge is 0.493 e. The number of methoxy groups -OCH3 is 1.